The van der Waals surface area contributed by atoms with Gasteiger partial charge in [0.15, 0.2) is 6.61 Å². The molecule has 1 saturated heterocycles. The quantitative estimate of drug-likeness (QED) is 0.345. The number of hydrogen-bond acceptors (Lipinski definition) is 6. The van der Waals surface area contributed by atoms with Crippen LogP contribution in [0.25, 0.3) is 0 Å². The molecule has 4 rings (SSSR count). The Morgan fingerprint density at radius 2 is 1.77 bits per heavy atom. The lowest BCUT2D eigenvalue weighted by Crippen LogP contribution is -2.28. The van der Waals surface area contributed by atoms with Crippen molar-refractivity contribution in [2.45, 2.75) is 6.42 Å². The molecule has 0 spiro atoms. The van der Waals surface area contributed by atoms with Gasteiger partial charge in [-0.1, -0.05) is 12.2 Å². The predicted molar refractivity (Wildman–Crippen MR) is 91.1 cm³/mol. The first-order valence-corrected chi connectivity index (χ1v) is 8.48. The highest BCUT2D eigenvalue weighted by Gasteiger charge is 2.59. The third-order valence-corrected chi connectivity index (χ3v) is 5.23. The van der Waals surface area contributed by atoms with Crippen molar-refractivity contribution in [2.75, 3.05) is 13.7 Å². The SMILES string of the molecule is COC(=O)COc1ccc(/C=N\N2C(=O)[C@@H]3[C@@H](C2=O)[C@H]2C=C[C@H]3C2)cc1. The molecule has 1 saturated carbocycles. The summed E-state index contributed by atoms with van der Waals surface area (Å²) in [7, 11) is 1.29. The van der Waals surface area contributed by atoms with Gasteiger partial charge in [0.25, 0.3) is 11.8 Å². The maximum Gasteiger partial charge on any atom is 0.343 e. The van der Waals surface area contributed by atoms with Crippen LogP contribution in [0.5, 0.6) is 5.75 Å². The normalized spacial score (nSPS) is 28.9. The van der Waals surface area contributed by atoms with Crippen LogP contribution in [0.4, 0.5) is 0 Å². The van der Waals surface area contributed by atoms with Crippen molar-refractivity contribution in [3.8, 4) is 5.75 Å². The number of methoxy groups -OCH3 is 1. The number of imide groups is 1. The largest absolute Gasteiger partial charge is 0.482 e. The van der Waals surface area contributed by atoms with Crippen LogP contribution in [-0.4, -0.2) is 42.7 Å². The van der Waals surface area contributed by atoms with E-state index in [9.17, 15) is 14.4 Å². The molecule has 0 aromatic heterocycles. The number of rotatable bonds is 5. The molecule has 2 amide bonds. The van der Waals surface area contributed by atoms with Crippen LogP contribution >= 0.6 is 0 Å². The van der Waals surface area contributed by atoms with E-state index in [4.69, 9.17) is 4.74 Å². The second kappa shape index (κ2) is 6.40. The molecular weight excluding hydrogens is 336 g/mol. The molecular formula is C19H18N2O5. The zero-order valence-corrected chi connectivity index (χ0v) is 14.2. The Bertz CT molecular complexity index is 784. The van der Waals surface area contributed by atoms with Gasteiger partial charge in [0.05, 0.1) is 25.2 Å². The van der Waals surface area contributed by atoms with Crippen molar-refractivity contribution in [2.24, 2.45) is 28.8 Å². The molecule has 3 aliphatic rings. The van der Waals surface area contributed by atoms with E-state index >= 15 is 0 Å². The summed E-state index contributed by atoms with van der Waals surface area (Å²) in [4.78, 5) is 36.1. The number of benzene rings is 1. The van der Waals surface area contributed by atoms with E-state index in [1.807, 2.05) is 0 Å². The van der Waals surface area contributed by atoms with Gasteiger partial charge in [-0.25, -0.2) is 4.79 Å². The number of esters is 1. The first-order valence-electron chi connectivity index (χ1n) is 8.48. The third kappa shape index (κ3) is 2.69. The Balaban J connectivity index is 1.41. The van der Waals surface area contributed by atoms with Crippen molar-refractivity contribution in [3.05, 3.63) is 42.0 Å². The molecule has 1 aliphatic heterocycles. The second-order valence-corrected chi connectivity index (χ2v) is 6.67. The van der Waals surface area contributed by atoms with Crippen LogP contribution in [0, 0.1) is 23.7 Å². The van der Waals surface area contributed by atoms with Crippen LogP contribution in [0.3, 0.4) is 0 Å². The molecule has 7 heteroatoms. The first kappa shape index (κ1) is 16.5. The summed E-state index contributed by atoms with van der Waals surface area (Å²) in [6.07, 6.45) is 6.49. The highest BCUT2D eigenvalue weighted by molar-refractivity contribution is 6.06. The van der Waals surface area contributed by atoms with Gasteiger partial charge < -0.3 is 9.47 Å². The van der Waals surface area contributed by atoms with Gasteiger partial charge in [-0.3, -0.25) is 9.59 Å². The number of carbonyl (C=O) groups excluding carboxylic acids is 3. The molecule has 1 aromatic carbocycles. The van der Waals surface area contributed by atoms with Crippen LogP contribution in [0.1, 0.15) is 12.0 Å². The Kier molecular flexibility index (Phi) is 4.06. The number of fused-ring (bicyclic) bond motifs is 5. The van der Waals surface area contributed by atoms with E-state index in [1.165, 1.54) is 13.3 Å². The highest BCUT2D eigenvalue weighted by atomic mass is 16.6. The van der Waals surface area contributed by atoms with Gasteiger partial charge in [-0.2, -0.15) is 10.1 Å². The fourth-order valence-electron chi connectivity index (χ4n) is 3.98. The highest BCUT2D eigenvalue weighted by Crippen LogP contribution is 2.52. The van der Waals surface area contributed by atoms with E-state index in [1.54, 1.807) is 24.3 Å². The van der Waals surface area contributed by atoms with Crippen LogP contribution < -0.4 is 4.74 Å². The van der Waals surface area contributed by atoms with E-state index in [0.29, 0.717) is 11.3 Å². The fourth-order valence-corrected chi connectivity index (χ4v) is 3.98. The van der Waals surface area contributed by atoms with Gasteiger partial charge in [0.2, 0.25) is 0 Å². The zero-order chi connectivity index (χ0) is 18.3. The minimum absolute atomic E-state index is 0.167. The lowest BCUT2D eigenvalue weighted by molar-refractivity contribution is -0.143. The van der Waals surface area contributed by atoms with Crippen molar-refractivity contribution in [3.63, 3.8) is 0 Å². The molecule has 26 heavy (non-hydrogen) atoms. The molecule has 7 nitrogen and oxygen atoms in total. The number of nitrogens with zero attached hydrogens (tertiary/aromatic N) is 2. The lowest BCUT2D eigenvalue weighted by atomic mass is 9.85. The molecule has 2 bridgehead atoms. The Morgan fingerprint density at radius 3 is 2.35 bits per heavy atom. The molecule has 1 aromatic rings. The predicted octanol–water partition coefficient (Wildman–Crippen LogP) is 1.38. The summed E-state index contributed by atoms with van der Waals surface area (Å²) in [5, 5.41) is 5.14. The monoisotopic (exact) mass is 354 g/mol. The van der Waals surface area contributed by atoms with Crippen LogP contribution in [-0.2, 0) is 19.1 Å². The molecule has 2 aliphatic carbocycles. The second-order valence-electron chi connectivity index (χ2n) is 6.67. The van der Waals surface area contributed by atoms with Crippen LogP contribution in [0.2, 0.25) is 0 Å². The number of hydrogen-bond donors (Lipinski definition) is 0. The Morgan fingerprint density at radius 1 is 1.15 bits per heavy atom. The number of amides is 2. The van der Waals surface area contributed by atoms with E-state index in [2.05, 4.69) is 22.0 Å². The van der Waals surface area contributed by atoms with Gasteiger partial charge >= 0.3 is 5.97 Å². The number of carbonyl (C=O) groups is 3. The van der Waals surface area contributed by atoms with Gasteiger partial charge in [0, 0.05) is 0 Å². The molecule has 4 atom stereocenters. The molecule has 0 unspecified atom stereocenters. The number of allylic oxidation sites excluding steroid dienone is 2. The zero-order valence-electron chi connectivity index (χ0n) is 14.2. The fraction of sp³-hybridized carbons (Fsp3) is 0.368. The maximum absolute atomic E-state index is 12.5. The summed E-state index contributed by atoms with van der Waals surface area (Å²) in [6, 6.07) is 6.81. The average molecular weight is 354 g/mol. The van der Waals surface area contributed by atoms with E-state index < -0.39 is 5.97 Å². The summed E-state index contributed by atoms with van der Waals surface area (Å²) < 4.78 is 9.77. The Labute approximate surface area is 150 Å². The molecule has 2 fully saturated rings. The minimum Gasteiger partial charge on any atom is -0.482 e. The third-order valence-electron chi connectivity index (χ3n) is 5.23. The van der Waals surface area contributed by atoms with Crippen LogP contribution in [0.15, 0.2) is 41.5 Å². The number of hydrazone groups is 1. The molecule has 0 N–H and O–H groups in total. The van der Waals surface area contributed by atoms with E-state index in [-0.39, 0.29) is 42.1 Å². The summed E-state index contributed by atoms with van der Waals surface area (Å²) in [6.45, 7) is -0.167. The average Bonchev–Trinajstić information content (AvgIpc) is 3.33. The standard InChI is InChI=1S/C19H18N2O5/c1-25-15(22)10-26-14-6-2-11(3-7-14)9-20-21-18(23)16-12-4-5-13(8-12)17(16)19(21)24/h2-7,9,12-13,16-17H,8,10H2,1H3/b20-9-/t12-,13-,16-,17-/m0/s1. The van der Waals surface area contributed by atoms with Crippen molar-refractivity contribution < 1.29 is 23.9 Å². The topological polar surface area (TPSA) is 85.3 Å². The van der Waals surface area contributed by atoms with Crippen molar-refractivity contribution in [1.29, 1.82) is 0 Å². The van der Waals surface area contributed by atoms with Crippen molar-refractivity contribution in [1.82, 2.24) is 5.01 Å². The Hall–Kier alpha value is -2.96. The first-order chi connectivity index (χ1) is 12.6. The van der Waals surface area contributed by atoms with Gasteiger partial charge in [-0.15, -0.1) is 0 Å². The van der Waals surface area contributed by atoms with Crippen molar-refractivity contribution >= 4 is 24.0 Å². The van der Waals surface area contributed by atoms with Gasteiger partial charge in [0.1, 0.15) is 5.75 Å². The molecule has 0 radical (unpaired) electrons. The summed E-state index contributed by atoms with van der Waals surface area (Å²) in [5.41, 5.74) is 0.717. The molecule has 1 heterocycles. The summed E-state index contributed by atoms with van der Waals surface area (Å²) in [5.74, 6) is -0.501. The minimum atomic E-state index is -0.462. The van der Waals surface area contributed by atoms with E-state index in [0.717, 1.165) is 11.4 Å². The molecule has 134 valence electrons. The maximum atomic E-state index is 12.5. The summed E-state index contributed by atoms with van der Waals surface area (Å²) >= 11 is 0. The lowest BCUT2D eigenvalue weighted by Gasteiger charge is -2.13. The number of ether oxygens (including phenoxy) is 2. The van der Waals surface area contributed by atoms with Gasteiger partial charge in [-0.05, 0) is 48.1 Å². The smallest absolute Gasteiger partial charge is 0.343 e.